The Morgan fingerprint density at radius 1 is 0.557 bits per heavy atom. The first-order valence-electron chi connectivity index (χ1n) is 19.2. The number of thioether (sulfide) groups is 2. The Morgan fingerprint density at radius 3 is 1.51 bits per heavy atom. The van der Waals surface area contributed by atoms with Gasteiger partial charge in [0.05, 0.1) is 55.3 Å². The number of anilines is 2. The lowest BCUT2D eigenvalue weighted by atomic mass is 10.1. The first-order chi connectivity index (χ1) is 29.3. The number of carbonyl (C=O) groups excluding carboxylic acids is 2. The fourth-order valence-corrected chi connectivity index (χ4v) is 8.64. The van der Waals surface area contributed by atoms with Crippen LogP contribution in [-0.2, 0) is 9.59 Å². The number of hydrogen-bond donors (Lipinski definition) is 2. The molecule has 4 aromatic carbocycles. The van der Waals surface area contributed by atoms with Gasteiger partial charge >= 0.3 is 0 Å². The van der Waals surface area contributed by atoms with Gasteiger partial charge in [0.25, 0.3) is 0 Å². The van der Waals surface area contributed by atoms with E-state index in [2.05, 4.69) is 69.1 Å². The van der Waals surface area contributed by atoms with Gasteiger partial charge < -0.3 is 10.6 Å². The first kappa shape index (κ1) is 43.3. The number of aryl methyl sites for hydroxylation is 7. The zero-order valence-corrected chi connectivity index (χ0v) is 37.7. The number of halogens is 2. The largest absolute Gasteiger partial charge is 0.324 e. The van der Waals surface area contributed by atoms with Gasteiger partial charge in [-0.2, -0.15) is 0 Å². The van der Waals surface area contributed by atoms with Crippen LogP contribution in [-0.4, -0.2) is 62.8 Å². The predicted octanol–water partition coefficient (Wildman–Crippen LogP) is 10.6. The molecule has 61 heavy (non-hydrogen) atoms. The Kier molecular flexibility index (Phi) is 13.4. The number of benzene rings is 4. The maximum Gasteiger partial charge on any atom is 0.234 e. The van der Waals surface area contributed by atoms with Gasteiger partial charge in [0.2, 0.25) is 11.8 Å². The summed E-state index contributed by atoms with van der Waals surface area (Å²) in [6.45, 7) is 13.8. The molecular formula is C45H42Cl2N10O2S2. The highest BCUT2D eigenvalue weighted by Crippen LogP contribution is 2.31. The van der Waals surface area contributed by atoms with Crippen molar-refractivity contribution < 1.29 is 9.59 Å². The molecule has 16 heteroatoms. The Bertz CT molecular complexity index is 2950. The van der Waals surface area contributed by atoms with Crippen molar-refractivity contribution in [3.05, 3.63) is 141 Å². The summed E-state index contributed by atoms with van der Waals surface area (Å²) >= 11 is 15.0. The molecule has 0 saturated carbocycles. The number of amides is 2. The number of carbonyl (C=O) groups is 2. The summed E-state index contributed by atoms with van der Waals surface area (Å²) in [5.74, 6) is 1.50. The van der Waals surface area contributed by atoms with Crippen LogP contribution in [0.25, 0.3) is 33.2 Å². The van der Waals surface area contributed by atoms with Crippen LogP contribution in [0.4, 0.5) is 11.4 Å². The lowest BCUT2D eigenvalue weighted by molar-refractivity contribution is -0.114. The predicted molar refractivity (Wildman–Crippen MR) is 248 cm³/mol. The Balaban J connectivity index is 0.000000184. The van der Waals surface area contributed by atoms with E-state index in [1.807, 2.05) is 92.3 Å². The quantitative estimate of drug-likeness (QED) is 0.127. The normalized spacial score (nSPS) is 11.1. The van der Waals surface area contributed by atoms with Crippen molar-refractivity contribution in [3.63, 3.8) is 0 Å². The number of fused-ring (bicyclic) bond motifs is 2. The monoisotopic (exact) mass is 888 g/mol. The molecule has 12 nitrogen and oxygen atoms in total. The fourth-order valence-electron chi connectivity index (χ4n) is 6.59. The van der Waals surface area contributed by atoms with E-state index in [-0.39, 0.29) is 23.3 Å². The summed E-state index contributed by atoms with van der Waals surface area (Å²) in [6, 6.07) is 29.0. The molecule has 8 rings (SSSR count). The topological polar surface area (TPSA) is 145 Å². The minimum Gasteiger partial charge on any atom is -0.324 e. The van der Waals surface area contributed by atoms with Gasteiger partial charge in [-0.05, 0) is 114 Å². The van der Waals surface area contributed by atoms with Crippen LogP contribution in [0.5, 0.6) is 0 Å². The second-order valence-corrected chi connectivity index (χ2v) is 17.1. The molecule has 0 bridgehead atoms. The minimum absolute atomic E-state index is 0.161. The SMILES string of the molecule is Cc1ccc(NC(=O)CSc2nnc(C)n2-c2ccc(C)c3ccc(C)nc23)c(Cl)c1.Cc1ccc2c(C)ccc(-n3c(C)nnc3SCC(=O)Nc3ccccc3Cl)c2n1. The number of hydrogen-bond acceptors (Lipinski definition) is 10. The second kappa shape index (κ2) is 18.9. The number of aromatic nitrogens is 8. The zero-order valence-electron chi connectivity index (χ0n) is 34.5. The fraction of sp³-hybridized carbons (Fsp3) is 0.200. The van der Waals surface area contributed by atoms with E-state index in [4.69, 9.17) is 33.2 Å². The molecule has 4 heterocycles. The van der Waals surface area contributed by atoms with E-state index in [0.717, 1.165) is 72.9 Å². The molecule has 0 aliphatic heterocycles. The third kappa shape index (κ3) is 9.89. The molecule has 0 unspecified atom stereocenters. The Labute approximate surface area is 371 Å². The van der Waals surface area contributed by atoms with E-state index < -0.39 is 0 Å². The molecule has 0 atom stereocenters. The van der Waals surface area contributed by atoms with Gasteiger partial charge in [0.15, 0.2) is 10.3 Å². The average molecular weight is 890 g/mol. The minimum atomic E-state index is -0.164. The first-order valence-corrected chi connectivity index (χ1v) is 21.9. The smallest absolute Gasteiger partial charge is 0.234 e. The van der Waals surface area contributed by atoms with Crippen molar-refractivity contribution in [2.45, 2.75) is 58.8 Å². The summed E-state index contributed by atoms with van der Waals surface area (Å²) < 4.78 is 3.90. The Morgan fingerprint density at radius 2 is 1.03 bits per heavy atom. The van der Waals surface area contributed by atoms with E-state index in [1.165, 1.54) is 23.5 Å². The van der Waals surface area contributed by atoms with Gasteiger partial charge in [-0.3, -0.25) is 28.7 Å². The van der Waals surface area contributed by atoms with Crippen LogP contribution in [0.3, 0.4) is 0 Å². The van der Waals surface area contributed by atoms with Crippen molar-refractivity contribution in [2.24, 2.45) is 0 Å². The van der Waals surface area contributed by atoms with Gasteiger partial charge in [-0.25, -0.2) is 0 Å². The summed E-state index contributed by atoms with van der Waals surface area (Å²) in [4.78, 5) is 34.5. The standard InChI is InChI=1S/C23H22ClN5OS.C22H20ClN5OS/c1-13-5-9-19(18(24)11-13)26-21(30)12-31-23-28-27-16(4)29(23)20-10-6-14(2)17-8-7-15(3)25-22(17)20;1-13-8-11-19(21-16(13)10-9-14(2)24-21)28-15(3)26-27-22(28)30-12-20(29)25-18-7-5-4-6-17(18)23/h5-11H,12H2,1-4H3,(H,26,30);4-11H,12H2,1-3H3,(H,25,29). The van der Waals surface area contributed by atoms with Crippen LogP contribution in [0.2, 0.25) is 10.0 Å². The average Bonchev–Trinajstić information content (AvgIpc) is 3.79. The molecule has 0 saturated heterocycles. The van der Waals surface area contributed by atoms with Gasteiger partial charge in [-0.15, -0.1) is 20.4 Å². The van der Waals surface area contributed by atoms with Crippen molar-refractivity contribution in [1.29, 1.82) is 0 Å². The van der Waals surface area contributed by atoms with E-state index in [1.54, 1.807) is 18.2 Å². The van der Waals surface area contributed by atoms with Gasteiger partial charge in [0.1, 0.15) is 11.6 Å². The van der Waals surface area contributed by atoms with Crippen LogP contribution in [0.1, 0.15) is 39.7 Å². The molecule has 0 fully saturated rings. The van der Waals surface area contributed by atoms with Crippen LogP contribution in [0, 0.1) is 48.5 Å². The number of para-hydroxylation sites is 1. The summed E-state index contributed by atoms with van der Waals surface area (Å²) in [7, 11) is 0. The molecule has 310 valence electrons. The molecule has 2 N–H and O–H groups in total. The van der Waals surface area contributed by atoms with Crippen molar-refractivity contribution in [3.8, 4) is 11.4 Å². The van der Waals surface area contributed by atoms with E-state index in [9.17, 15) is 9.59 Å². The third-order valence-corrected chi connectivity index (χ3v) is 12.2. The van der Waals surface area contributed by atoms with Crippen molar-refractivity contribution in [2.75, 3.05) is 22.1 Å². The molecule has 4 aromatic heterocycles. The number of nitrogens with zero attached hydrogens (tertiary/aromatic N) is 8. The number of pyridine rings is 2. The van der Waals surface area contributed by atoms with Crippen LogP contribution < -0.4 is 10.6 Å². The lowest BCUT2D eigenvalue weighted by Gasteiger charge is -2.13. The highest BCUT2D eigenvalue weighted by Gasteiger charge is 2.19. The van der Waals surface area contributed by atoms with Gasteiger partial charge in [0, 0.05) is 22.2 Å². The maximum atomic E-state index is 12.5. The molecule has 2 amide bonds. The molecule has 0 aliphatic rings. The second-order valence-electron chi connectivity index (χ2n) is 14.4. The van der Waals surface area contributed by atoms with Crippen molar-refractivity contribution >= 4 is 91.7 Å². The summed E-state index contributed by atoms with van der Waals surface area (Å²) in [5.41, 5.74) is 9.98. The number of rotatable bonds is 10. The Hall–Kier alpha value is -5.80. The van der Waals surface area contributed by atoms with Crippen LogP contribution >= 0.6 is 46.7 Å². The zero-order chi connectivity index (χ0) is 43.4. The summed E-state index contributed by atoms with van der Waals surface area (Å²) in [6.07, 6.45) is 0. The molecule has 0 radical (unpaired) electrons. The van der Waals surface area contributed by atoms with E-state index >= 15 is 0 Å². The highest BCUT2D eigenvalue weighted by atomic mass is 35.5. The molecule has 8 aromatic rings. The molecular weight excluding hydrogens is 848 g/mol. The summed E-state index contributed by atoms with van der Waals surface area (Å²) in [5, 5.41) is 27.2. The third-order valence-electron chi connectivity index (χ3n) is 9.67. The maximum absolute atomic E-state index is 12.5. The van der Waals surface area contributed by atoms with Gasteiger partial charge in [-0.1, -0.05) is 89.2 Å². The molecule has 0 aliphatic carbocycles. The van der Waals surface area contributed by atoms with Crippen molar-refractivity contribution in [1.82, 2.24) is 39.5 Å². The highest BCUT2D eigenvalue weighted by molar-refractivity contribution is 8.00. The molecule has 0 spiro atoms. The van der Waals surface area contributed by atoms with Crippen LogP contribution in [0.15, 0.2) is 101 Å². The lowest BCUT2D eigenvalue weighted by Crippen LogP contribution is -2.15. The number of nitrogens with one attached hydrogen (secondary N) is 2. The van der Waals surface area contributed by atoms with E-state index in [0.29, 0.717) is 31.7 Å².